The minimum Gasteiger partial charge on any atom is -0.413 e. The fourth-order valence-electron chi connectivity index (χ4n) is 2.14. The first-order chi connectivity index (χ1) is 9.76. The van der Waals surface area contributed by atoms with E-state index in [2.05, 4.69) is 39.9 Å². The second kappa shape index (κ2) is 5.74. The smallest absolute Gasteiger partial charge is 0.192 e. The average molecular weight is 300 g/mol. The van der Waals surface area contributed by atoms with Crippen LogP contribution in [0.25, 0.3) is 10.8 Å². The zero-order valence-corrected chi connectivity index (χ0v) is 14.6. The Kier molecular flexibility index (Phi) is 4.35. The molecule has 0 fully saturated rings. The number of hydrogen-bond acceptors (Lipinski definition) is 2. The van der Waals surface area contributed by atoms with Crippen molar-refractivity contribution in [3.05, 3.63) is 47.5 Å². The Bertz CT molecular complexity index is 649. The van der Waals surface area contributed by atoms with Crippen molar-refractivity contribution in [1.82, 2.24) is 0 Å². The summed E-state index contributed by atoms with van der Waals surface area (Å²) in [4.78, 5) is 11.3. The van der Waals surface area contributed by atoms with Gasteiger partial charge >= 0.3 is 0 Å². The Morgan fingerprint density at radius 2 is 1.71 bits per heavy atom. The van der Waals surface area contributed by atoms with Crippen LogP contribution >= 0.6 is 0 Å². The second-order valence-electron chi connectivity index (χ2n) is 7.03. The Balaban J connectivity index is 2.38. The first-order valence-electron chi connectivity index (χ1n) is 7.36. The Morgan fingerprint density at radius 1 is 1.10 bits per heavy atom. The maximum Gasteiger partial charge on any atom is 0.192 e. The van der Waals surface area contributed by atoms with Gasteiger partial charge in [0, 0.05) is 5.56 Å². The first-order valence-corrected chi connectivity index (χ1v) is 10.3. The second-order valence-corrected chi connectivity index (χ2v) is 11.8. The van der Waals surface area contributed by atoms with Gasteiger partial charge < -0.3 is 4.43 Å². The van der Waals surface area contributed by atoms with Crippen LogP contribution in [0.2, 0.25) is 18.1 Å². The summed E-state index contributed by atoms with van der Waals surface area (Å²) in [6.07, 6.45) is 0.929. The van der Waals surface area contributed by atoms with Crippen molar-refractivity contribution in [3.8, 4) is 0 Å². The van der Waals surface area contributed by atoms with Crippen molar-refractivity contribution >= 4 is 25.4 Å². The molecule has 0 aromatic heterocycles. The number of hydrogen-bond donors (Lipinski definition) is 0. The minimum atomic E-state index is -1.79. The number of fused-ring (bicyclic) bond motifs is 1. The van der Waals surface area contributed by atoms with Gasteiger partial charge in [-0.05, 0) is 34.5 Å². The molecule has 0 bridgehead atoms. The summed E-state index contributed by atoms with van der Waals surface area (Å²) in [5, 5.41) is 2.30. The molecule has 0 aliphatic heterocycles. The van der Waals surface area contributed by atoms with Crippen LogP contribution in [-0.4, -0.2) is 14.6 Å². The highest BCUT2D eigenvalue weighted by Crippen LogP contribution is 2.37. The molecule has 112 valence electrons. The molecule has 0 amide bonds. The maximum atomic E-state index is 11.3. The molecule has 0 aliphatic carbocycles. The van der Waals surface area contributed by atoms with Gasteiger partial charge in [0.1, 0.15) is 0 Å². The van der Waals surface area contributed by atoms with Gasteiger partial charge in [-0.1, -0.05) is 57.2 Å². The normalized spacial score (nSPS) is 12.6. The van der Waals surface area contributed by atoms with Gasteiger partial charge in [-0.15, -0.1) is 0 Å². The van der Waals surface area contributed by atoms with E-state index in [9.17, 15) is 4.79 Å². The molecule has 0 unspecified atom stereocenters. The predicted octanol–water partition coefficient (Wildman–Crippen LogP) is 5.17. The predicted molar refractivity (Wildman–Crippen MR) is 91.3 cm³/mol. The maximum absolute atomic E-state index is 11.3. The number of benzene rings is 2. The molecule has 2 aromatic rings. The van der Waals surface area contributed by atoms with Crippen LogP contribution in [0.5, 0.6) is 0 Å². The van der Waals surface area contributed by atoms with Crippen LogP contribution < -0.4 is 0 Å². The lowest BCUT2D eigenvalue weighted by Crippen LogP contribution is -2.40. The summed E-state index contributed by atoms with van der Waals surface area (Å²) in [7, 11) is -1.79. The molecule has 3 heteroatoms. The Morgan fingerprint density at radius 3 is 2.29 bits per heavy atom. The molecule has 0 spiro atoms. The molecule has 2 nitrogen and oxygen atoms in total. The molecule has 0 N–H and O–H groups in total. The monoisotopic (exact) mass is 300 g/mol. The van der Waals surface area contributed by atoms with Crippen LogP contribution in [0.4, 0.5) is 0 Å². The van der Waals surface area contributed by atoms with Gasteiger partial charge in [-0.25, -0.2) is 0 Å². The highest BCUT2D eigenvalue weighted by atomic mass is 28.4. The largest absolute Gasteiger partial charge is 0.413 e. The third-order valence-electron chi connectivity index (χ3n) is 4.54. The van der Waals surface area contributed by atoms with Gasteiger partial charge in [0.05, 0.1) is 6.61 Å². The first kappa shape index (κ1) is 15.9. The third-order valence-corrected chi connectivity index (χ3v) is 9.02. The fourth-order valence-corrected chi connectivity index (χ4v) is 3.09. The molecule has 0 aliphatic rings. The van der Waals surface area contributed by atoms with Crippen molar-refractivity contribution in [2.24, 2.45) is 0 Å². The fraction of sp³-hybridized carbons (Fsp3) is 0.389. The lowest BCUT2D eigenvalue weighted by atomic mass is 10.0. The lowest BCUT2D eigenvalue weighted by molar-refractivity contribution is 0.112. The van der Waals surface area contributed by atoms with Gasteiger partial charge in [0.25, 0.3) is 0 Å². The summed E-state index contributed by atoms with van der Waals surface area (Å²) in [5.74, 6) is 0. The lowest BCUT2D eigenvalue weighted by Gasteiger charge is -2.36. The SMILES string of the molecule is CC(C)(C)[Si](C)(C)OCc1cccc2cccc(C=O)c12. The van der Waals surface area contributed by atoms with E-state index in [1.165, 1.54) is 0 Å². The summed E-state index contributed by atoms with van der Waals surface area (Å²) < 4.78 is 6.31. The number of carbonyl (C=O) groups excluding carboxylic acids is 1. The van der Waals surface area contributed by atoms with Crippen LogP contribution in [0.1, 0.15) is 36.7 Å². The van der Waals surface area contributed by atoms with E-state index < -0.39 is 8.32 Å². The van der Waals surface area contributed by atoms with Crippen LogP contribution in [-0.2, 0) is 11.0 Å². The van der Waals surface area contributed by atoms with Crippen molar-refractivity contribution in [2.45, 2.75) is 45.5 Å². The molecule has 0 saturated carbocycles. The zero-order valence-electron chi connectivity index (χ0n) is 13.6. The number of carbonyl (C=O) groups is 1. The third kappa shape index (κ3) is 3.25. The van der Waals surface area contributed by atoms with E-state index >= 15 is 0 Å². The van der Waals surface area contributed by atoms with E-state index in [0.29, 0.717) is 6.61 Å². The molecule has 0 radical (unpaired) electrons. The molecular formula is C18H24O2Si. The van der Waals surface area contributed by atoms with Gasteiger partial charge in [0.15, 0.2) is 14.6 Å². The summed E-state index contributed by atoms with van der Waals surface area (Å²) in [6.45, 7) is 11.8. The van der Waals surface area contributed by atoms with E-state index in [4.69, 9.17) is 4.43 Å². The standard InChI is InChI=1S/C18H24O2Si/c1-18(2,3)21(4,5)20-13-16-11-7-9-14-8-6-10-15(12-19)17(14)16/h6-12H,13H2,1-5H3. The molecular weight excluding hydrogens is 276 g/mol. The van der Waals surface area contributed by atoms with E-state index in [1.54, 1.807) is 0 Å². The van der Waals surface area contributed by atoms with Crippen LogP contribution in [0, 0.1) is 0 Å². The summed E-state index contributed by atoms with van der Waals surface area (Å²) in [5.41, 5.74) is 1.84. The minimum absolute atomic E-state index is 0.186. The van der Waals surface area contributed by atoms with E-state index in [1.807, 2.05) is 30.3 Å². The highest BCUT2D eigenvalue weighted by molar-refractivity contribution is 6.74. The van der Waals surface area contributed by atoms with E-state index in [0.717, 1.165) is 28.2 Å². The topological polar surface area (TPSA) is 26.3 Å². The Labute approximate surface area is 128 Å². The summed E-state index contributed by atoms with van der Waals surface area (Å²) >= 11 is 0. The van der Waals surface area contributed by atoms with Gasteiger partial charge in [-0.2, -0.15) is 0 Å². The molecule has 0 heterocycles. The van der Waals surface area contributed by atoms with Crippen molar-refractivity contribution in [2.75, 3.05) is 0 Å². The number of rotatable bonds is 4. The molecule has 2 aromatic carbocycles. The Hall–Kier alpha value is -1.45. The van der Waals surface area contributed by atoms with Crippen molar-refractivity contribution < 1.29 is 9.22 Å². The van der Waals surface area contributed by atoms with Crippen molar-refractivity contribution in [3.63, 3.8) is 0 Å². The molecule has 21 heavy (non-hydrogen) atoms. The van der Waals surface area contributed by atoms with Gasteiger partial charge in [0.2, 0.25) is 0 Å². The number of aldehydes is 1. The highest BCUT2D eigenvalue weighted by Gasteiger charge is 2.37. The average Bonchev–Trinajstić information content (AvgIpc) is 2.43. The van der Waals surface area contributed by atoms with Crippen LogP contribution in [0.15, 0.2) is 36.4 Å². The van der Waals surface area contributed by atoms with Crippen molar-refractivity contribution in [1.29, 1.82) is 0 Å². The van der Waals surface area contributed by atoms with E-state index in [-0.39, 0.29) is 5.04 Å². The quantitative estimate of drug-likeness (QED) is 0.575. The van der Waals surface area contributed by atoms with Gasteiger partial charge in [-0.3, -0.25) is 4.79 Å². The van der Waals surface area contributed by atoms with Crippen LogP contribution in [0.3, 0.4) is 0 Å². The molecule has 0 saturated heterocycles. The summed E-state index contributed by atoms with van der Waals surface area (Å²) in [6, 6.07) is 12.0. The zero-order chi connectivity index (χ0) is 15.7. The molecule has 0 atom stereocenters. The molecule has 2 rings (SSSR count).